The molecule has 0 heterocycles. The van der Waals surface area contributed by atoms with E-state index in [-0.39, 0.29) is 16.6 Å². The second-order valence-corrected chi connectivity index (χ2v) is 7.60. The largest absolute Gasteiger partial charge is 0.459 e. The van der Waals surface area contributed by atoms with Gasteiger partial charge in [0.15, 0.2) is 0 Å². The Bertz CT molecular complexity index is 569. The number of hydrogen-bond acceptors (Lipinski definition) is 4. The number of hydrogen-bond donors (Lipinski definition) is 0. The van der Waals surface area contributed by atoms with Crippen LogP contribution in [0.3, 0.4) is 0 Å². The lowest BCUT2D eigenvalue weighted by Gasteiger charge is -2.13. The maximum Gasteiger partial charge on any atom is 0.338 e. The minimum atomic E-state index is -3.84. The van der Waals surface area contributed by atoms with E-state index in [0.717, 1.165) is 25.7 Å². The van der Waals surface area contributed by atoms with Crippen molar-refractivity contribution < 1.29 is 17.9 Å². The normalized spacial score (nSPS) is 12.9. The Labute approximate surface area is 130 Å². The Balaban J connectivity index is 2.59. The average molecular weight is 333 g/mol. The molecule has 0 saturated carbocycles. The van der Waals surface area contributed by atoms with Gasteiger partial charge in [0.25, 0.3) is 9.05 Å². The zero-order valence-electron chi connectivity index (χ0n) is 12.3. The van der Waals surface area contributed by atoms with Gasteiger partial charge in [-0.2, -0.15) is 0 Å². The van der Waals surface area contributed by atoms with Crippen LogP contribution in [0.4, 0.5) is 0 Å². The third-order valence-electron chi connectivity index (χ3n) is 3.12. The highest BCUT2D eigenvalue weighted by molar-refractivity contribution is 8.13. The van der Waals surface area contributed by atoms with Crippen molar-refractivity contribution in [1.82, 2.24) is 0 Å². The highest BCUT2D eigenvalue weighted by atomic mass is 35.7. The molecular weight excluding hydrogens is 312 g/mol. The van der Waals surface area contributed by atoms with Gasteiger partial charge in [-0.25, -0.2) is 13.2 Å². The lowest BCUT2D eigenvalue weighted by molar-refractivity contribution is 0.0319. The second-order valence-electron chi connectivity index (χ2n) is 5.03. The minimum absolute atomic E-state index is 0.103. The van der Waals surface area contributed by atoms with Gasteiger partial charge in [-0.15, -0.1) is 0 Å². The summed E-state index contributed by atoms with van der Waals surface area (Å²) in [5, 5.41) is 0. The number of ether oxygens (including phenoxy) is 1. The summed E-state index contributed by atoms with van der Waals surface area (Å²) in [5.41, 5.74) is 0.192. The van der Waals surface area contributed by atoms with E-state index < -0.39 is 15.0 Å². The third-order valence-corrected chi connectivity index (χ3v) is 4.48. The fourth-order valence-electron chi connectivity index (χ4n) is 1.94. The molecule has 1 aromatic carbocycles. The first-order valence-electron chi connectivity index (χ1n) is 7.10. The summed E-state index contributed by atoms with van der Waals surface area (Å²) in [4.78, 5) is 11.9. The molecule has 0 aliphatic heterocycles. The van der Waals surface area contributed by atoms with Gasteiger partial charge in [0, 0.05) is 10.7 Å². The lowest BCUT2D eigenvalue weighted by Crippen LogP contribution is -2.15. The van der Waals surface area contributed by atoms with Gasteiger partial charge >= 0.3 is 5.97 Å². The molecule has 0 aliphatic carbocycles. The van der Waals surface area contributed by atoms with Gasteiger partial charge in [-0.05, 0) is 38.0 Å². The topological polar surface area (TPSA) is 60.4 Å². The van der Waals surface area contributed by atoms with Crippen molar-refractivity contribution in [2.75, 3.05) is 0 Å². The first-order valence-corrected chi connectivity index (χ1v) is 9.41. The smallest absolute Gasteiger partial charge is 0.338 e. The van der Waals surface area contributed by atoms with Crippen molar-refractivity contribution in [3.8, 4) is 0 Å². The fourth-order valence-corrected chi connectivity index (χ4v) is 2.74. The molecule has 1 atom stereocenters. The van der Waals surface area contributed by atoms with Crippen molar-refractivity contribution >= 4 is 25.7 Å². The van der Waals surface area contributed by atoms with E-state index in [2.05, 4.69) is 6.92 Å². The Hall–Kier alpha value is -1.07. The molecule has 1 rings (SSSR count). The monoisotopic (exact) mass is 332 g/mol. The van der Waals surface area contributed by atoms with Crippen LogP contribution in [0.2, 0.25) is 0 Å². The number of benzene rings is 1. The van der Waals surface area contributed by atoms with E-state index in [1.807, 2.05) is 6.92 Å². The lowest BCUT2D eigenvalue weighted by atomic mass is 10.1. The molecule has 0 saturated heterocycles. The van der Waals surface area contributed by atoms with Crippen molar-refractivity contribution in [2.45, 2.75) is 57.0 Å². The molecule has 4 nitrogen and oxygen atoms in total. The average Bonchev–Trinajstić information content (AvgIpc) is 2.43. The zero-order chi connectivity index (χ0) is 15.9. The molecule has 1 unspecified atom stereocenters. The van der Waals surface area contributed by atoms with E-state index in [9.17, 15) is 13.2 Å². The van der Waals surface area contributed by atoms with Crippen molar-refractivity contribution in [1.29, 1.82) is 0 Å². The van der Waals surface area contributed by atoms with Gasteiger partial charge < -0.3 is 4.74 Å². The van der Waals surface area contributed by atoms with E-state index in [0.29, 0.717) is 0 Å². The van der Waals surface area contributed by atoms with Crippen LogP contribution in [-0.4, -0.2) is 20.5 Å². The molecule has 118 valence electrons. The number of esters is 1. The van der Waals surface area contributed by atoms with Crippen LogP contribution in [0.15, 0.2) is 29.2 Å². The summed E-state index contributed by atoms with van der Waals surface area (Å²) in [7, 11) is 1.42. The van der Waals surface area contributed by atoms with Crippen LogP contribution in [0.1, 0.15) is 56.3 Å². The van der Waals surface area contributed by atoms with Crippen LogP contribution >= 0.6 is 10.7 Å². The quantitative estimate of drug-likeness (QED) is 0.408. The number of rotatable bonds is 8. The SMILES string of the molecule is CCCCCCC(C)OC(=O)c1cccc(S(=O)(=O)Cl)c1. The Morgan fingerprint density at radius 2 is 2.00 bits per heavy atom. The summed E-state index contributed by atoms with van der Waals surface area (Å²) in [6.07, 6.45) is 5.09. The standard InChI is InChI=1S/C15H21ClO4S/c1-3-4-5-6-8-12(2)20-15(17)13-9-7-10-14(11-13)21(16,18)19/h7,9-12H,3-6,8H2,1-2H3. The number of unbranched alkanes of at least 4 members (excludes halogenated alkanes) is 3. The van der Waals surface area contributed by atoms with Crippen LogP contribution in [0, 0.1) is 0 Å². The zero-order valence-corrected chi connectivity index (χ0v) is 13.9. The Morgan fingerprint density at radius 1 is 1.29 bits per heavy atom. The Morgan fingerprint density at radius 3 is 2.62 bits per heavy atom. The van der Waals surface area contributed by atoms with E-state index in [1.54, 1.807) is 0 Å². The van der Waals surface area contributed by atoms with Gasteiger partial charge in [0.05, 0.1) is 16.6 Å². The van der Waals surface area contributed by atoms with Crippen LogP contribution in [0.5, 0.6) is 0 Å². The fraction of sp³-hybridized carbons (Fsp3) is 0.533. The van der Waals surface area contributed by atoms with E-state index in [1.165, 1.54) is 30.7 Å². The number of carbonyl (C=O) groups excluding carboxylic acids is 1. The van der Waals surface area contributed by atoms with Gasteiger partial charge in [-0.3, -0.25) is 0 Å². The van der Waals surface area contributed by atoms with Gasteiger partial charge in [-0.1, -0.05) is 32.3 Å². The molecule has 0 aliphatic rings. The molecule has 1 aromatic rings. The molecule has 0 N–H and O–H groups in total. The summed E-state index contributed by atoms with van der Waals surface area (Å²) >= 11 is 0. The summed E-state index contributed by atoms with van der Waals surface area (Å²) in [6.45, 7) is 3.98. The number of carbonyl (C=O) groups is 1. The maximum atomic E-state index is 12.0. The van der Waals surface area contributed by atoms with Crippen LogP contribution in [0.25, 0.3) is 0 Å². The molecule has 0 radical (unpaired) electrons. The Kier molecular flexibility index (Phi) is 7.18. The first-order chi connectivity index (χ1) is 9.84. The molecule has 0 fully saturated rings. The van der Waals surface area contributed by atoms with E-state index in [4.69, 9.17) is 15.4 Å². The minimum Gasteiger partial charge on any atom is -0.459 e. The molecule has 0 amide bonds. The van der Waals surface area contributed by atoms with Gasteiger partial charge in [0.2, 0.25) is 0 Å². The predicted molar refractivity (Wildman–Crippen MR) is 83.1 cm³/mol. The number of halogens is 1. The summed E-state index contributed by atoms with van der Waals surface area (Å²) in [6, 6.07) is 5.55. The highest BCUT2D eigenvalue weighted by Gasteiger charge is 2.16. The molecule has 6 heteroatoms. The van der Waals surface area contributed by atoms with Crippen molar-refractivity contribution in [2.24, 2.45) is 0 Å². The van der Waals surface area contributed by atoms with Crippen LogP contribution in [-0.2, 0) is 13.8 Å². The molecule has 0 bridgehead atoms. The van der Waals surface area contributed by atoms with Gasteiger partial charge in [0.1, 0.15) is 0 Å². The van der Waals surface area contributed by atoms with Crippen LogP contribution < -0.4 is 0 Å². The third kappa shape index (κ3) is 6.48. The molecular formula is C15H21ClO4S. The molecule has 21 heavy (non-hydrogen) atoms. The highest BCUT2D eigenvalue weighted by Crippen LogP contribution is 2.17. The summed E-state index contributed by atoms with van der Waals surface area (Å²) in [5.74, 6) is -0.528. The van der Waals surface area contributed by atoms with E-state index >= 15 is 0 Å². The molecule has 0 spiro atoms. The second kappa shape index (κ2) is 8.39. The predicted octanol–water partition coefficient (Wildman–Crippen LogP) is 4.13. The summed E-state index contributed by atoms with van der Waals surface area (Å²) < 4.78 is 27.8. The van der Waals surface area contributed by atoms with Crippen molar-refractivity contribution in [3.05, 3.63) is 29.8 Å². The first kappa shape index (κ1) is 18.0. The van der Waals surface area contributed by atoms with Crippen molar-refractivity contribution in [3.63, 3.8) is 0 Å². The maximum absolute atomic E-state index is 12.0. The molecule has 0 aromatic heterocycles.